The first kappa shape index (κ1) is 47.7. The Morgan fingerprint density at radius 1 is 0.785 bits per heavy atom. The molecule has 1 aliphatic heterocycles. The van der Waals surface area contributed by atoms with Gasteiger partial charge in [-0.15, -0.1) is 22.7 Å². The van der Waals surface area contributed by atoms with Crippen LogP contribution in [0.4, 0.5) is 9.93 Å². The molecule has 2 aromatic carbocycles. The minimum absolute atomic E-state index is 0.00631. The third kappa shape index (κ3) is 13.6. The molecule has 0 saturated carbocycles. The topological polar surface area (TPSA) is 216 Å². The van der Waals surface area contributed by atoms with Crippen molar-refractivity contribution in [3.05, 3.63) is 106 Å². The molecule has 5 aromatic rings. The molecule has 4 heterocycles. The summed E-state index contributed by atoms with van der Waals surface area (Å²) in [5, 5.41) is 12.7. The van der Waals surface area contributed by atoms with Crippen molar-refractivity contribution in [2.75, 3.05) is 11.9 Å². The molecule has 1 fully saturated rings. The van der Waals surface area contributed by atoms with E-state index in [0.29, 0.717) is 28.8 Å². The van der Waals surface area contributed by atoms with Gasteiger partial charge in [-0.2, -0.15) is 0 Å². The number of nitrogens with one attached hydrogen (secondary N) is 2. The van der Waals surface area contributed by atoms with Crippen LogP contribution in [-0.2, 0) is 46.6 Å². The Morgan fingerprint density at radius 3 is 2.02 bits per heavy atom. The van der Waals surface area contributed by atoms with Crippen molar-refractivity contribution in [3.8, 4) is 22.2 Å². The van der Waals surface area contributed by atoms with E-state index in [9.17, 15) is 24.0 Å². The van der Waals surface area contributed by atoms with Crippen molar-refractivity contribution < 1.29 is 52.5 Å². The predicted octanol–water partition coefficient (Wildman–Crippen LogP) is 7.94. The first-order valence-corrected chi connectivity index (χ1v) is 22.2. The van der Waals surface area contributed by atoms with Crippen LogP contribution in [0.1, 0.15) is 89.1 Å². The monoisotopic (exact) mass is 926 g/mol. The van der Waals surface area contributed by atoms with Crippen LogP contribution in [0, 0.1) is 5.92 Å². The Hall–Kier alpha value is -6.73. The van der Waals surface area contributed by atoms with Gasteiger partial charge in [0.2, 0.25) is 11.5 Å². The lowest BCUT2D eigenvalue weighted by Crippen LogP contribution is -2.61. The van der Waals surface area contributed by atoms with Crippen molar-refractivity contribution >= 4 is 63.2 Å². The van der Waals surface area contributed by atoms with E-state index < -0.39 is 58.5 Å². The Bertz CT molecular complexity index is 2530. The second kappa shape index (κ2) is 20.4. The number of ether oxygens (including phenoxy) is 5. The number of pyridine rings is 1. The van der Waals surface area contributed by atoms with Crippen molar-refractivity contribution in [1.82, 2.24) is 20.3 Å². The molecule has 0 aliphatic carbocycles. The lowest BCUT2D eigenvalue weighted by atomic mass is 9.85. The SMILES string of the molecule is CC(C)(C)OC(=O)Nc1nc(/C(=N/OC(C)(C)C(=O)OC(C)(C)C)C(=O)C[C@@H]2C(=O)N[C@@H]2COC(=O)c2csc(-c3cc(OCc4ccccc4)c(OCc4ccccc4)cn3)n2)cs1. The molecule has 342 valence electrons. The molecule has 2 N–H and O–H groups in total. The third-order valence-electron chi connectivity index (χ3n) is 9.06. The number of aromatic nitrogens is 3. The normalized spacial score (nSPS) is 15.2. The predicted molar refractivity (Wildman–Crippen MR) is 242 cm³/mol. The highest BCUT2D eigenvalue weighted by Gasteiger charge is 2.43. The molecule has 17 nitrogen and oxygen atoms in total. The van der Waals surface area contributed by atoms with E-state index in [0.717, 1.165) is 22.5 Å². The molecule has 1 saturated heterocycles. The minimum Gasteiger partial charge on any atom is -0.485 e. The molecule has 2 atom stereocenters. The third-order valence-corrected chi connectivity index (χ3v) is 10.7. The summed E-state index contributed by atoms with van der Waals surface area (Å²) < 4.78 is 28.6. The molecule has 0 spiro atoms. The van der Waals surface area contributed by atoms with Gasteiger partial charge >= 0.3 is 18.0 Å². The largest absolute Gasteiger partial charge is 0.485 e. The Balaban J connectivity index is 1.12. The van der Waals surface area contributed by atoms with E-state index in [1.54, 1.807) is 53.8 Å². The molecule has 3 aromatic heterocycles. The molecule has 0 radical (unpaired) electrons. The second-order valence-electron chi connectivity index (χ2n) is 17.3. The number of amides is 2. The first-order valence-electron chi connectivity index (χ1n) is 20.5. The van der Waals surface area contributed by atoms with Gasteiger partial charge in [-0.1, -0.05) is 65.8 Å². The lowest BCUT2D eigenvalue weighted by Gasteiger charge is -2.35. The summed E-state index contributed by atoms with van der Waals surface area (Å²) in [6.07, 6.45) is 0.399. The maximum absolute atomic E-state index is 13.9. The van der Waals surface area contributed by atoms with Gasteiger partial charge in [0.25, 0.3) is 0 Å². The highest BCUT2D eigenvalue weighted by molar-refractivity contribution is 7.14. The zero-order valence-electron chi connectivity index (χ0n) is 37.2. The number of benzene rings is 2. The number of Topliss-reactive ketones (excluding diaryl/α,β-unsaturated/α-hetero) is 1. The van der Waals surface area contributed by atoms with Crippen LogP contribution >= 0.6 is 22.7 Å². The van der Waals surface area contributed by atoms with Gasteiger partial charge in [0, 0.05) is 23.2 Å². The summed E-state index contributed by atoms with van der Waals surface area (Å²) in [6, 6.07) is 20.3. The van der Waals surface area contributed by atoms with Gasteiger partial charge < -0.3 is 33.8 Å². The van der Waals surface area contributed by atoms with Gasteiger partial charge in [-0.3, -0.25) is 14.9 Å². The summed E-state index contributed by atoms with van der Waals surface area (Å²) in [6.45, 7) is 13.3. The Labute approximate surface area is 383 Å². The first-order chi connectivity index (χ1) is 30.7. The molecule has 2 amide bonds. The van der Waals surface area contributed by atoms with Crippen molar-refractivity contribution in [2.45, 2.75) is 97.9 Å². The maximum atomic E-state index is 13.9. The zero-order valence-corrected chi connectivity index (χ0v) is 38.8. The number of β-lactam (4-membered cyclic amide) rings is 1. The molecule has 19 heteroatoms. The van der Waals surface area contributed by atoms with Crippen molar-refractivity contribution in [2.24, 2.45) is 11.1 Å². The average molecular weight is 927 g/mol. The fourth-order valence-corrected chi connectivity index (χ4v) is 7.23. The summed E-state index contributed by atoms with van der Waals surface area (Å²) in [4.78, 5) is 84.4. The van der Waals surface area contributed by atoms with Crippen molar-refractivity contribution in [1.29, 1.82) is 0 Å². The lowest BCUT2D eigenvalue weighted by molar-refractivity contribution is -0.179. The van der Waals surface area contributed by atoms with Crippen LogP contribution in [0.25, 0.3) is 10.7 Å². The Kier molecular flexibility index (Phi) is 15.0. The molecule has 0 bridgehead atoms. The maximum Gasteiger partial charge on any atom is 0.413 e. The van der Waals surface area contributed by atoms with Crippen LogP contribution in [0.2, 0.25) is 0 Å². The fourth-order valence-electron chi connectivity index (χ4n) is 5.79. The summed E-state index contributed by atoms with van der Waals surface area (Å²) in [7, 11) is 0. The quantitative estimate of drug-likeness (QED) is 0.0281. The van der Waals surface area contributed by atoms with E-state index in [-0.39, 0.29) is 41.9 Å². The average Bonchev–Trinajstić information content (AvgIpc) is 3.93. The summed E-state index contributed by atoms with van der Waals surface area (Å²) in [5.41, 5.74) is -1.18. The zero-order chi connectivity index (χ0) is 46.9. The van der Waals surface area contributed by atoms with Crippen molar-refractivity contribution in [3.63, 3.8) is 0 Å². The van der Waals surface area contributed by atoms with Gasteiger partial charge in [0.05, 0.1) is 18.2 Å². The molecule has 0 unspecified atom stereocenters. The van der Waals surface area contributed by atoms with Crippen LogP contribution in [-0.4, -0.2) is 79.8 Å². The van der Waals surface area contributed by atoms with E-state index in [1.165, 1.54) is 35.9 Å². The van der Waals surface area contributed by atoms with Gasteiger partial charge in [0.15, 0.2) is 33.8 Å². The number of carbonyl (C=O) groups is 5. The number of ketones is 1. The van der Waals surface area contributed by atoms with Gasteiger partial charge in [-0.25, -0.2) is 29.3 Å². The minimum atomic E-state index is -1.64. The molecular weight excluding hydrogens is 877 g/mol. The number of thiazole rings is 2. The molecule has 6 rings (SSSR count). The number of anilines is 1. The highest BCUT2D eigenvalue weighted by atomic mass is 32.1. The highest BCUT2D eigenvalue weighted by Crippen LogP contribution is 2.34. The number of rotatable bonds is 18. The van der Waals surface area contributed by atoms with Gasteiger partial charge in [-0.05, 0) is 66.5 Å². The Morgan fingerprint density at radius 2 is 1.40 bits per heavy atom. The number of oxime groups is 1. The van der Waals surface area contributed by atoms with E-state index in [1.807, 2.05) is 60.7 Å². The number of esters is 2. The second-order valence-corrected chi connectivity index (χ2v) is 19.0. The molecular formula is C46H50N6O11S2. The molecule has 65 heavy (non-hydrogen) atoms. The summed E-state index contributed by atoms with van der Waals surface area (Å²) >= 11 is 2.17. The molecule has 1 aliphatic rings. The van der Waals surface area contributed by atoms with E-state index in [2.05, 4.69) is 30.7 Å². The van der Waals surface area contributed by atoms with Crippen LogP contribution in [0.5, 0.6) is 11.5 Å². The number of carbonyl (C=O) groups excluding carboxylic acids is 5. The fraction of sp³-hybridized carbons (Fsp3) is 0.370. The van der Waals surface area contributed by atoms with Gasteiger partial charge in [0.1, 0.15) is 47.4 Å². The standard InChI is InChI=1S/C46H50N6O11S2/c1-44(2,3)61-41(56)46(7,8)63-52-37(32-25-65-42(50-32)51-43(57)62-45(4,5)6)34(53)19-29-31(48-38(29)54)24-60-40(55)33-26-64-39(49-33)30-20-35(58-22-27-15-11-9-12-16-27)36(21-47-30)59-23-28-17-13-10-14-18-28/h9-18,20-21,25-26,29,31H,19,22-24H2,1-8H3,(H,48,54)(H,50,51,57)/b52-37-/t29-,31+/m0/s1. The van der Waals surface area contributed by atoms with Crippen LogP contribution in [0.15, 0.2) is 88.8 Å². The number of hydrogen-bond acceptors (Lipinski definition) is 17. The van der Waals surface area contributed by atoms with E-state index >= 15 is 0 Å². The van der Waals surface area contributed by atoms with Crippen LogP contribution < -0.4 is 20.1 Å². The number of hydrogen-bond donors (Lipinski definition) is 2. The summed E-state index contributed by atoms with van der Waals surface area (Å²) in [5.74, 6) is -2.68. The van der Waals surface area contributed by atoms with E-state index in [4.69, 9.17) is 28.5 Å². The number of nitrogens with zero attached hydrogens (tertiary/aromatic N) is 4. The smallest absolute Gasteiger partial charge is 0.413 e. The van der Waals surface area contributed by atoms with Crippen LogP contribution in [0.3, 0.4) is 0 Å².